The van der Waals surface area contributed by atoms with Crippen LogP contribution in [0, 0.1) is 0 Å². The third-order valence-corrected chi connectivity index (χ3v) is 0. The summed E-state index contributed by atoms with van der Waals surface area (Å²) < 4.78 is 42.2. The van der Waals surface area contributed by atoms with Gasteiger partial charge in [0.05, 0.1) is 0 Å². The molecule has 0 aliphatic rings. The second-order valence-corrected chi connectivity index (χ2v) is 1.56. The van der Waals surface area contributed by atoms with Crippen molar-refractivity contribution in [3.8, 4) is 0 Å². The van der Waals surface area contributed by atoms with Gasteiger partial charge in [0, 0.05) is 0 Å². The van der Waals surface area contributed by atoms with Gasteiger partial charge in [0.1, 0.15) is 0 Å². The Hall–Kier alpha value is 1.53. The summed E-state index contributed by atoms with van der Waals surface area (Å²) in [7, 11) is 0. The monoisotopic (exact) mass is 207 g/mol. The van der Waals surface area contributed by atoms with E-state index >= 15 is 0 Å². The molecule has 49 valence electrons. The molecule has 0 amide bonds. The van der Waals surface area contributed by atoms with Crippen LogP contribution in [0.4, 0.5) is 0 Å². The van der Waals surface area contributed by atoms with Crippen LogP contribution >= 0.6 is 0 Å². The summed E-state index contributed by atoms with van der Waals surface area (Å²) in [6.45, 7) is 0. The average Bonchev–Trinajstić information content (AvgIpc) is 1.36. The molecule has 0 spiro atoms. The molecule has 5 nitrogen and oxygen atoms in total. The number of hydrogen-bond acceptors (Lipinski definition) is 5. The van der Waals surface area contributed by atoms with Crippen LogP contribution in [0.25, 0.3) is 0 Å². The Kier molecular flexibility index (Phi) is 30.5. The van der Waals surface area contributed by atoms with Gasteiger partial charge < -0.3 is 0 Å². The van der Waals surface area contributed by atoms with Crippen molar-refractivity contribution in [3.63, 3.8) is 0 Å². The SMILES string of the molecule is [Li+].[Li+].[O]=[Mn](=[O])([O-])[O-].[O]=[Ni]. The van der Waals surface area contributed by atoms with Gasteiger partial charge in [-0.3, -0.25) is 0 Å². The van der Waals surface area contributed by atoms with E-state index in [4.69, 9.17) is 19.9 Å². The fourth-order valence-corrected chi connectivity index (χ4v) is 0. The normalized spacial score (nSPS) is 7.11. The predicted molar refractivity (Wildman–Crippen MR) is 2.06 cm³/mol. The Labute approximate surface area is 85.8 Å². The van der Waals surface area contributed by atoms with Crippen molar-refractivity contribution in [3.05, 3.63) is 0 Å². The zero-order chi connectivity index (χ0) is 6.50. The van der Waals surface area contributed by atoms with Gasteiger partial charge in [0.15, 0.2) is 0 Å². The van der Waals surface area contributed by atoms with E-state index in [0.29, 0.717) is 0 Å². The first-order valence-corrected chi connectivity index (χ1v) is 3.08. The Bertz CT molecular complexity index is 109. The second kappa shape index (κ2) is 12.2. The molecule has 0 aromatic carbocycles. The van der Waals surface area contributed by atoms with Crippen LogP contribution in [0.1, 0.15) is 0 Å². The summed E-state index contributed by atoms with van der Waals surface area (Å²) in [5.41, 5.74) is 0. The van der Waals surface area contributed by atoms with Crippen LogP contribution in [0.3, 0.4) is 0 Å². The van der Waals surface area contributed by atoms with Crippen molar-refractivity contribution < 1.29 is 86.4 Å². The molecule has 0 aliphatic heterocycles. The quantitative estimate of drug-likeness (QED) is 0.368. The third kappa shape index (κ3) is 231. The molecule has 0 heterocycles. The molecule has 0 saturated carbocycles. The zero-order valence-electron chi connectivity index (χ0n) is 4.74. The molecule has 0 atom stereocenters. The molecule has 9 heavy (non-hydrogen) atoms. The fourth-order valence-electron chi connectivity index (χ4n) is 0. The summed E-state index contributed by atoms with van der Waals surface area (Å²) in [4.78, 5) is 0. The van der Waals surface area contributed by atoms with E-state index < -0.39 is 13.4 Å². The van der Waals surface area contributed by atoms with Crippen LogP contribution < -0.4 is 46.1 Å². The molecule has 0 aliphatic carbocycles. The minimum absolute atomic E-state index is 0. The first-order valence-electron chi connectivity index (χ1n) is 0.746. The topological polar surface area (TPSA) is 97.3 Å². The van der Waals surface area contributed by atoms with Crippen molar-refractivity contribution in [2.75, 3.05) is 0 Å². The van der Waals surface area contributed by atoms with E-state index in [2.05, 4.69) is 15.4 Å². The first-order chi connectivity index (χ1) is 3.00. The molecule has 0 rings (SSSR count). The van der Waals surface area contributed by atoms with Gasteiger partial charge in [0.2, 0.25) is 0 Å². The third-order valence-electron chi connectivity index (χ3n) is 0. The first kappa shape index (κ1) is 22.4. The maximum absolute atomic E-state index is 8.58. The summed E-state index contributed by atoms with van der Waals surface area (Å²) in [6, 6.07) is 0. The van der Waals surface area contributed by atoms with Crippen molar-refractivity contribution in [2.45, 2.75) is 0 Å². The van der Waals surface area contributed by atoms with E-state index in [1.165, 1.54) is 0 Å². The molecule has 0 saturated heterocycles. The van der Waals surface area contributed by atoms with Crippen LogP contribution in [0.15, 0.2) is 0 Å². The van der Waals surface area contributed by atoms with Crippen LogP contribution in [0.2, 0.25) is 0 Å². The van der Waals surface area contributed by atoms with Crippen LogP contribution in [0.5, 0.6) is 0 Å². The van der Waals surface area contributed by atoms with E-state index in [1.54, 1.807) is 0 Å². The Balaban J connectivity index is -0.0000000286. The summed E-state index contributed by atoms with van der Waals surface area (Å²) in [5, 5.41) is 0. The van der Waals surface area contributed by atoms with Crippen molar-refractivity contribution in [1.82, 2.24) is 0 Å². The molecule has 0 unspecified atom stereocenters. The molecule has 9 heteroatoms. The standard InChI is InChI=1S/2Li.Mn.Ni.5O/q2*+1;;;;;;2*-1. The molecular formula is Li2MnNiO5. The van der Waals surface area contributed by atoms with Crippen LogP contribution in [-0.2, 0) is 40.3 Å². The molecule has 0 bridgehead atoms. The van der Waals surface area contributed by atoms with Gasteiger partial charge in [-0.1, -0.05) is 0 Å². The number of rotatable bonds is 0. The zero-order valence-corrected chi connectivity index (χ0v) is 6.90. The maximum atomic E-state index is 8.58. The Morgan fingerprint density at radius 1 is 1.00 bits per heavy atom. The summed E-state index contributed by atoms with van der Waals surface area (Å²) in [6.07, 6.45) is 0. The fraction of sp³-hybridized carbons (Fsp3) is 0. The van der Waals surface area contributed by atoms with Gasteiger partial charge in [-0.2, -0.15) is 0 Å². The van der Waals surface area contributed by atoms with Crippen molar-refractivity contribution >= 4 is 0 Å². The average molecular weight is 208 g/mol. The molecular weight excluding hydrogens is 208 g/mol. The van der Waals surface area contributed by atoms with Gasteiger partial charge >= 0.3 is 86.4 Å². The van der Waals surface area contributed by atoms with Crippen molar-refractivity contribution in [2.24, 2.45) is 0 Å². The number of hydrogen-bond donors (Lipinski definition) is 0. The van der Waals surface area contributed by atoms with E-state index in [0.717, 1.165) is 0 Å². The summed E-state index contributed by atoms with van der Waals surface area (Å²) in [5.74, 6) is 0. The molecule has 0 aromatic heterocycles. The molecule has 0 N–H and O–H groups in total. The minimum atomic E-state index is -5.62. The van der Waals surface area contributed by atoms with Gasteiger partial charge in [-0.15, -0.1) is 0 Å². The molecule has 0 aromatic rings. The van der Waals surface area contributed by atoms with Crippen LogP contribution in [-0.4, -0.2) is 0 Å². The summed E-state index contributed by atoms with van der Waals surface area (Å²) >= 11 is -3.00. The Morgan fingerprint density at radius 2 is 1.00 bits per heavy atom. The van der Waals surface area contributed by atoms with Crippen molar-refractivity contribution in [1.29, 1.82) is 0 Å². The van der Waals surface area contributed by atoms with E-state index in [1.807, 2.05) is 0 Å². The van der Waals surface area contributed by atoms with Gasteiger partial charge in [-0.25, -0.2) is 0 Å². The van der Waals surface area contributed by atoms with Gasteiger partial charge in [0.25, 0.3) is 0 Å². The molecule has 0 fully saturated rings. The van der Waals surface area contributed by atoms with Gasteiger partial charge in [-0.05, 0) is 0 Å². The Morgan fingerprint density at radius 3 is 1.00 bits per heavy atom. The second-order valence-electron chi connectivity index (χ2n) is 0.378. The molecule has 0 radical (unpaired) electrons. The van der Waals surface area contributed by atoms with E-state index in [9.17, 15) is 0 Å². The van der Waals surface area contributed by atoms with E-state index in [-0.39, 0.29) is 37.7 Å². The predicted octanol–water partition coefficient (Wildman–Crippen LogP) is -8.73.